The van der Waals surface area contributed by atoms with Crippen molar-refractivity contribution in [2.45, 2.75) is 13.0 Å². The highest BCUT2D eigenvalue weighted by atomic mass is 16.5. The second-order valence-corrected chi connectivity index (χ2v) is 10.6. The van der Waals surface area contributed by atoms with Crippen LogP contribution < -0.4 is 20.7 Å². The second-order valence-electron chi connectivity index (χ2n) is 10.6. The Hall–Kier alpha value is -5.33. The number of pyridine rings is 1. The molecule has 45 heavy (non-hydrogen) atoms. The minimum absolute atomic E-state index is 0.308. The van der Waals surface area contributed by atoms with Crippen molar-refractivity contribution in [3.05, 3.63) is 90.9 Å². The minimum Gasteiger partial charge on any atom is -0.474 e. The van der Waals surface area contributed by atoms with Crippen LogP contribution in [0.2, 0.25) is 0 Å². The van der Waals surface area contributed by atoms with Crippen LogP contribution in [0.25, 0.3) is 21.8 Å². The number of carbonyl (C=O) groups is 2. The molecule has 6 rings (SSSR count). The van der Waals surface area contributed by atoms with Gasteiger partial charge in [-0.15, -0.1) is 0 Å². The molecule has 0 unspecified atom stereocenters. The van der Waals surface area contributed by atoms with Crippen molar-refractivity contribution < 1.29 is 19.1 Å². The van der Waals surface area contributed by atoms with Crippen LogP contribution in [0.1, 0.15) is 12.0 Å². The Kier molecular flexibility index (Phi) is 9.53. The molecule has 4 heterocycles. The number of aromatic amines is 1. The van der Waals surface area contributed by atoms with Gasteiger partial charge in [0.1, 0.15) is 24.6 Å². The number of anilines is 3. The zero-order valence-electron chi connectivity index (χ0n) is 24.7. The fourth-order valence-corrected chi connectivity index (χ4v) is 4.98. The van der Waals surface area contributed by atoms with Crippen LogP contribution >= 0.6 is 0 Å². The molecule has 2 amide bonds. The number of fused-ring (bicyclic) bond motifs is 2. The molecule has 4 N–H and O–H groups in total. The number of rotatable bonds is 12. The third-order valence-corrected chi connectivity index (χ3v) is 7.31. The largest absolute Gasteiger partial charge is 0.474 e. The van der Waals surface area contributed by atoms with E-state index in [1.165, 1.54) is 18.5 Å². The molecule has 0 bridgehead atoms. The highest BCUT2D eigenvalue weighted by Crippen LogP contribution is 2.28. The van der Waals surface area contributed by atoms with Gasteiger partial charge < -0.3 is 30.4 Å². The maximum atomic E-state index is 12.5. The molecule has 3 aromatic heterocycles. The summed E-state index contributed by atoms with van der Waals surface area (Å²) in [6, 6.07) is 19.6. The van der Waals surface area contributed by atoms with Crippen LogP contribution in [0.4, 0.5) is 17.3 Å². The molecule has 0 spiro atoms. The van der Waals surface area contributed by atoms with Crippen molar-refractivity contribution in [1.82, 2.24) is 30.2 Å². The smallest absolute Gasteiger partial charge is 0.249 e. The highest BCUT2D eigenvalue weighted by molar-refractivity contribution is 6.04. The van der Waals surface area contributed by atoms with Gasteiger partial charge in [-0.1, -0.05) is 30.3 Å². The van der Waals surface area contributed by atoms with Gasteiger partial charge in [0.05, 0.1) is 24.9 Å². The van der Waals surface area contributed by atoms with E-state index in [9.17, 15) is 9.59 Å². The Labute approximate surface area is 259 Å². The molecule has 1 fully saturated rings. The Bertz CT molecular complexity index is 1800. The summed E-state index contributed by atoms with van der Waals surface area (Å²) in [7, 11) is 0. The topological polar surface area (TPSA) is 146 Å². The molecular weight excluding hydrogens is 572 g/mol. The summed E-state index contributed by atoms with van der Waals surface area (Å²) in [6.07, 6.45) is 6.25. The zero-order valence-corrected chi connectivity index (χ0v) is 24.7. The number of amides is 2. The van der Waals surface area contributed by atoms with E-state index >= 15 is 0 Å². The van der Waals surface area contributed by atoms with Crippen molar-refractivity contribution in [2.24, 2.45) is 0 Å². The molecule has 1 aliphatic rings. The second kappa shape index (κ2) is 14.4. The van der Waals surface area contributed by atoms with Gasteiger partial charge in [-0.05, 0) is 42.8 Å². The van der Waals surface area contributed by atoms with Crippen molar-refractivity contribution in [2.75, 3.05) is 50.0 Å². The van der Waals surface area contributed by atoms with Crippen LogP contribution in [0.15, 0.2) is 85.3 Å². The first kappa shape index (κ1) is 29.7. The zero-order chi connectivity index (χ0) is 30.8. The summed E-state index contributed by atoms with van der Waals surface area (Å²) < 4.78 is 11.3. The molecule has 0 saturated carbocycles. The summed E-state index contributed by atoms with van der Waals surface area (Å²) in [5.41, 5.74) is 3.46. The number of hydrogen-bond donors (Lipinski definition) is 4. The molecule has 5 aromatic rings. The lowest BCUT2D eigenvalue weighted by molar-refractivity contribution is -0.117. The maximum absolute atomic E-state index is 12.5. The molecule has 2 aromatic carbocycles. The van der Waals surface area contributed by atoms with Crippen molar-refractivity contribution >= 4 is 50.9 Å². The number of hydrogen-bond acceptors (Lipinski definition) is 9. The van der Waals surface area contributed by atoms with E-state index in [1.807, 2.05) is 54.6 Å². The predicted molar refractivity (Wildman–Crippen MR) is 172 cm³/mol. The third kappa shape index (κ3) is 8.19. The summed E-state index contributed by atoms with van der Waals surface area (Å²) in [4.78, 5) is 43.3. The maximum Gasteiger partial charge on any atom is 0.249 e. The van der Waals surface area contributed by atoms with E-state index in [0.29, 0.717) is 41.6 Å². The molecule has 0 atom stereocenters. The van der Waals surface area contributed by atoms with Gasteiger partial charge in [-0.3, -0.25) is 14.5 Å². The lowest BCUT2D eigenvalue weighted by Crippen LogP contribution is -2.38. The molecule has 1 aliphatic heterocycles. The number of aromatic nitrogens is 4. The average molecular weight is 607 g/mol. The molecule has 12 nitrogen and oxygen atoms in total. The minimum atomic E-state index is -0.472. The standard InChI is InChI=1S/C33H34N8O4/c42-30(34-11-4-12-41-13-15-44-16-14-41)9-10-31(43)40-29-19-26-28(20-35-29)36-22-37-33(26)38-25-7-8-27-24(17-25)18-32(39-27)45-21-23-5-2-1-3-6-23/h1-3,5-10,17-20,22,39H,4,11-16,21H2,(H,34,42)(H,35,40,43)(H,36,37,38)/b10-9+. The number of H-pyrrole nitrogens is 1. The Morgan fingerprint density at radius 2 is 1.82 bits per heavy atom. The molecule has 12 heteroatoms. The lowest BCUT2D eigenvalue weighted by atomic mass is 10.2. The fourth-order valence-electron chi connectivity index (χ4n) is 4.98. The predicted octanol–water partition coefficient (Wildman–Crippen LogP) is 4.16. The molecule has 0 aliphatic carbocycles. The van der Waals surface area contributed by atoms with Crippen molar-refractivity contribution in [3.8, 4) is 5.88 Å². The molecule has 230 valence electrons. The number of nitrogens with one attached hydrogen (secondary N) is 4. The van der Waals surface area contributed by atoms with Crippen molar-refractivity contribution in [3.63, 3.8) is 0 Å². The average Bonchev–Trinajstić information content (AvgIpc) is 3.48. The SMILES string of the molecule is O=C(/C=C/C(=O)Nc1cc2c(Nc3ccc4[nH]c(OCc5ccccc5)cc4c3)ncnc2cn1)NCCCN1CCOCC1. The van der Waals surface area contributed by atoms with E-state index in [4.69, 9.17) is 9.47 Å². The third-order valence-electron chi connectivity index (χ3n) is 7.31. The number of nitrogens with zero attached hydrogens (tertiary/aromatic N) is 4. The van der Waals surface area contributed by atoms with Gasteiger partial charge in [-0.2, -0.15) is 0 Å². The van der Waals surface area contributed by atoms with E-state index in [1.54, 1.807) is 12.3 Å². The number of morpholine rings is 1. The van der Waals surface area contributed by atoms with Crippen LogP contribution in [-0.2, 0) is 20.9 Å². The number of ether oxygens (including phenoxy) is 2. The Morgan fingerprint density at radius 1 is 0.978 bits per heavy atom. The summed E-state index contributed by atoms with van der Waals surface area (Å²) >= 11 is 0. The van der Waals surface area contributed by atoms with Gasteiger partial charge in [0, 0.05) is 59.8 Å². The van der Waals surface area contributed by atoms with Gasteiger partial charge >= 0.3 is 0 Å². The summed E-state index contributed by atoms with van der Waals surface area (Å²) in [6.45, 7) is 5.22. The Morgan fingerprint density at radius 3 is 2.69 bits per heavy atom. The van der Waals surface area contributed by atoms with Crippen LogP contribution in [-0.4, -0.2) is 76.0 Å². The van der Waals surface area contributed by atoms with Gasteiger partial charge in [0.2, 0.25) is 11.8 Å². The quantitative estimate of drug-likeness (QED) is 0.121. The molecule has 1 saturated heterocycles. The first-order valence-electron chi connectivity index (χ1n) is 14.8. The highest BCUT2D eigenvalue weighted by Gasteiger charge is 2.11. The lowest BCUT2D eigenvalue weighted by Gasteiger charge is -2.26. The van der Waals surface area contributed by atoms with Crippen LogP contribution in [0, 0.1) is 0 Å². The normalized spacial score (nSPS) is 13.7. The summed E-state index contributed by atoms with van der Waals surface area (Å²) in [5, 5.41) is 10.5. The van der Waals surface area contributed by atoms with E-state index < -0.39 is 5.91 Å². The van der Waals surface area contributed by atoms with E-state index in [0.717, 1.165) is 61.4 Å². The first-order valence-corrected chi connectivity index (χ1v) is 14.8. The number of benzene rings is 2. The van der Waals surface area contributed by atoms with Crippen LogP contribution in [0.5, 0.6) is 5.88 Å². The number of carbonyl (C=O) groups excluding carboxylic acids is 2. The van der Waals surface area contributed by atoms with E-state index in [-0.39, 0.29) is 5.91 Å². The van der Waals surface area contributed by atoms with Gasteiger partial charge in [-0.25, -0.2) is 15.0 Å². The van der Waals surface area contributed by atoms with Crippen molar-refractivity contribution in [1.29, 1.82) is 0 Å². The van der Waals surface area contributed by atoms with Crippen LogP contribution in [0.3, 0.4) is 0 Å². The van der Waals surface area contributed by atoms with E-state index in [2.05, 4.69) is 40.8 Å². The Balaban J connectivity index is 1.05. The molecule has 0 radical (unpaired) electrons. The molecular formula is C33H34N8O4. The fraction of sp³-hybridized carbons (Fsp3) is 0.242. The van der Waals surface area contributed by atoms with Gasteiger partial charge in [0.15, 0.2) is 5.88 Å². The summed E-state index contributed by atoms with van der Waals surface area (Å²) in [5.74, 6) is 0.746. The van der Waals surface area contributed by atoms with Gasteiger partial charge in [0.25, 0.3) is 0 Å². The monoisotopic (exact) mass is 606 g/mol. The first-order chi connectivity index (χ1) is 22.1.